The van der Waals surface area contributed by atoms with Crippen LogP contribution in [0.4, 0.5) is 0 Å². The summed E-state index contributed by atoms with van der Waals surface area (Å²) in [6.45, 7) is 3.92. The standard InChI is InChI=1S/C17H20N2O3/c1-11-4-6-13(7-5-11)16(12(2)18)22-14-8-9-15(19-10-14)17(20)21-3/h4-10,12,16H,18H2,1-3H3/t12-,16-/m0/s1. The highest BCUT2D eigenvalue weighted by Gasteiger charge is 2.18. The van der Waals surface area contributed by atoms with Crippen LogP contribution in [-0.2, 0) is 4.74 Å². The number of methoxy groups -OCH3 is 1. The zero-order chi connectivity index (χ0) is 16.1. The van der Waals surface area contributed by atoms with Gasteiger partial charge in [-0.1, -0.05) is 29.8 Å². The second-order valence-corrected chi connectivity index (χ2v) is 5.18. The number of ether oxygens (including phenoxy) is 2. The first-order chi connectivity index (χ1) is 10.5. The first-order valence-corrected chi connectivity index (χ1v) is 7.04. The summed E-state index contributed by atoms with van der Waals surface area (Å²) in [5.41, 5.74) is 8.45. The molecule has 0 amide bonds. The molecule has 1 heterocycles. The fourth-order valence-electron chi connectivity index (χ4n) is 2.06. The fourth-order valence-corrected chi connectivity index (χ4v) is 2.06. The van der Waals surface area contributed by atoms with Gasteiger partial charge in [-0.25, -0.2) is 9.78 Å². The molecule has 0 aliphatic carbocycles. The Labute approximate surface area is 130 Å². The van der Waals surface area contributed by atoms with Crippen molar-refractivity contribution in [3.05, 3.63) is 59.4 Å². The lowest BCUT2D eigenvalue weighted by Crippen LogP contribution is -2.29. The van der Waals surface area contributed by atoms with Crippen molar-refractivity contribution in [1.29, 1.82) is 0 Å². The molecule has 5 nitrogen and oxygen atoms in total. The molecule has 0 fully saturated rings. The highest BCUT2D eigenvalue weighted by Crippen LogP contribution is 2.24. The maximum absolute atomic E-state index is 11.4. The lowest BCUT2D eigenvalue weighted by molar-refractivity contribution is 0.0594. The van der Waals surface area contributed by atoms with Gasteiger partial charge in [0.2, 0.25) is 0 Å². The number of carbonyl (C=O) groups is 1. The van der Waals surface area contributed by atoms with Gasteiger partial charge < -0.3 is 15.2 Å². The molecular weight excluding hydrogens is 280 g/mol. The van der Waals surface area contributed by atoms with E-state index in [4.69, 9.17) is 10.5 Å². The van der Waals surface area contributed by atoms with Crippen LogP contribution in [0, 0.1) is 6.92 Å². The second kappa shape index (κ2) is 7.04. The Bertz CT molecular complexity index is 621. The van der Waals surface area contributed by atoms with Gasteiger partial charge in [-0.3, -0.25) is 0 Å². The van der Waals surface area contributed by atoms with E-state index in [1.165, 1.54) is 18.9 Å². The van der Waals surface area contributed by atoms with Crippen LogP contribution >= 0.6 is 0 Å². The average Bonchev–Trinajstić information content (AvgIpc) is 2.53. The van der Waals surface area contributed by atoms with Gasteiger partial charge in [-0.05, 0) is 31.5 Å². The first-order valence-electron chi connectivity index (χ1n) is 7.04. The summed E-state index contributed by atoms with van der Waals surface area (Å²) < 4.78 is 10.5. The topological polar surface area (TPSA) is 74.4 Å². The maximum atomic E-state index is 11.4. The van der Waals surface area contributed by atoms with Crippen LogP contribution in [0.25, 0.3) is 0 Å². The molecule has 0 radical (unpaired) electrons. The summed E-state index contributed by atoms with van der Waals surface area (Å²) in [4.78, 5) is 15.4. The number of aromatic nitrogens is 1. The van der Waals surface area contributed by atoms with Crippen LogP contribution in [0.3, 0.4) is 0 Å². The van der Waals surface area contributed by atoms with Gasteiger partial charge in [-0.2, -0.15) is 0 Å². The molecule has 5 heteroatoms. The number of rotatable bonds is 5. The number of hydrogen-bond donors (Lipinski definition) is 1. The number of aryl methyl sites for hydroxylation is 1. The molecule has 0 spiro atoms. The molecule has 2 atom stereocenters. The monoisotopic (exact) mass is 300 g/mol. The number of carbonyl (C=O) groups excluding carboxylic acids is 1. The zero-order valence-electron chi connectivity index (χ0n) is 12.9. The molecule has 2 rings (SSSR count). The van der Waals surface area contributed by atoms with E-state index in [0.29, 0.717) is 5.75 Å². The van der Waals surface area contributed by atoms with E-state index in [9.17, 15) is 4.79 Å². The quantitative estimate of drug-likeness (QED) is 0.859. The maximum Gasteiger partial charge on any atom is 0.356 e. The van der Waals surface area contributed by atoms with Crippen molar-refractivity contribution in [2.75, 3.05) is 7.11 Å². The predicted octanol–water partition coefficient (Wildman–Crippen LogP) is 2.64. The molecule has 0 saturated heterocycles. The third-order valence-corrected chi connectivity index (χ3v) is 3.28. The summed E-state index contributed by atoms with van der Waals surface area (Å²) in [7, 11) is 1.32. The Morgan fingerprint density at radius 1 is 1.18 bits per heavy atom. The number of pyridine rings is 1. The summed E-state index contributed by atoms with van der Waals surface area (Å²) in [6.07, 6.45) is 1.21. The summed E-state index contributed by atoms with van der Waals surface area (Å²) in [6, 6.07) is 11.1. The van der Waals surface area contributed by atoms with Gasteiger partial charge in [0.05, 0.1) is 13.3 Å². The minimum atomic E-state index is -0.478. The molecule has 1 aromatic heterocycles. The van der Waals surface area contributed by atoms with Crippen molar-refractivity contribution < 1.29 is 14.3 Å². The van der Waals surface area contributed by atoms with Gasteiger partial charge >= 0.3 is 5.97 Å². The van der Waals surface area contributed by atoms with Crippen molar-refractivity contribution in [2.24, 2.45) is 5.73 Å². The Kier molecular flexibility index (Phi) is 5.12. The van der Waals surface area contributed by atoms with E-state index < -0.39 is 5.97 Å². The van der Waals surface area contributed by atoms with Gasteiger partial charge in [0.25, 0.3) is 0 Å². The average molecular weight is 300 g/mol. The minimum Gasteiger partial charge on any atom is -0.482 e. The first kappa shape index (κ1) is 16.0. The number of nitrogens with zero attached hydrogens (tertiary/aromatic N) is 1. The van der Waals surface area contributed by atoms with Crippen LogP contribution in [-0.4, -0.2) is 24.1 Å². The fraction of sp³-hybridized carbons (Fsp3) is 0.294. The molecule has 2 aromatic rings. The lowest BCUT2D eigenvalue weighted by Gasteiger charge is -2.23. The number of esters is 1. The molecule has 2 N–H and O–H groups in total. The van der Waals surface area contributed by atoms with E-state index >= 15 is 0 Å². The van der Waals surface area contributed by atoms with Crippen molar-refractivity contribution in [1.82, 2.24) is 4.98 Å². The molecule has 0 aliphatic rings. The predicted molar refractivity (Wildman–Crippen MR) is 83.8 cm³/mol. The van der Waals surface area contributed by atoms with Crippen molar-refractivity contribution >= 4 is 5.97 Å². The number of hydrogen-bond acceptors (Lipinski definition) is 5. The summed E-state index contributed by atoms with van der Waals surface area (Å²) >= 11 is 0. The minimum absolute atomic E-state index is 0.192. The van der Waals surface area contributed by atoms with E-state index in [1.807, 2.05) is 38.1 Å². The van der Waals surface area contributed by atoms with E-state index in [0.717, 1.165) is 5.56 Å². The normalized spacial score (nSPS) is 13.3. The third-order valence-electron chi connectivity index (χ3n) is 3.28. The molecule has 1 aromatic carbocycles. The molecule has 0 unspecified atom stereocenters. The van der Waals surface area contributed by atoms with Crippen LogP contribution in [0.5, 0.6) is 5.75 Å². The molecule has 22 heavy (non-hydrogen) atoms. The Hall–Kier alpha value is -2.40. The van der Waals surface area contributed by atoms with E-state index in [2.05, 4.69) is 9.72 Å². The number of benzene rings is 1. The van der Waals surface area contributed by atoms with Gasteiger partial charge in [0, 0.05) is 6.04 Å². The molecular formula is C17H20N2O3. The van der Waals surface area contributed by atoms with Crippen LogP contribution in [0.1, 0.15) is 34.6 Å². The highest BCUT2D eigenvalue weighted by molar-refractivity contribution is 5.87. The third kappa shape index (κ3) is 3.83. The highest BCUT2D eigenvalue weighted by atomic mass is 16.5. The SMILES string of the molecule is COC(=O)c1ccc(O[C@H](c2ccc(C)cc2)[C@H](C)N)cn1. The Morgan fingerprint density at radius 2 is 1.86 bits per heavy atom. The summed E-state index contributed by atoms with van der Waals surface area (Å²) in [5.74, 6) is 0.0735. The molecule has 0 aliphatic heterocycles. The Balaban J connectivity index is 2.17. The number of nitrogens with two attached hydrogens (primary N) is 1. The van der Waals surface area contributed by atoms with Gasteiger partial charge in [-0.15, -0.1) is 0 Å². The Morgan fingerprint density at radius 3 is 2.36 bits per heavy atom. The molecule has 116 valence electrons. The van der Waals surface area contributed by atoms with Crippen molar-refractivity contribution in [3.63, 3.8) is 0 Å². The van der Waals surface area contributed by atoms with Crippen molar-refractivity contribution in [2.45, 2.75) is 26.0 Å². The zero-order valence-corrected chi connectivity index (χ0v) is 12.9. The largest absolute Gasteiger partial charge is 0.482 e. The van der Waals surface area contributed by atoms with E-state index in [-0.39, 0.29) is 17.8 Å². The summed E-state index contributed by atoms with van der Waals surface area (Å²) in [5, 5.41) is 0. The smallest absolute Gasteiger partial charge is 0.356 e. The lowest BCUT2D eigenvalue weighted by atomic mass is 10.0. The van der Waals surface area contributed by atoms with E-state index in [1.54, 1.807) is 12.1 Å². The molecule has 0 saturated carbocycles. The second-order valence-electron chi connectivity index (χ2n) is 5.18. The van der Waals surface area contributed by atoms with Gasteiger partial charge in [0.15, 0.2) is 0 Å². The van der Waals surface area contributed by atoms with Crippen molar-refractivity contribution in [3.8, 4) is 5.75 Å². The van der Waals surface area contributed by atoms with Gasteiger partial charge in [0.1, 0.15) is 17.5 Å². The molecule has 0 bridgehead atoms. The van der Waals surface area contributed by atoms with Crippen LogP contribution < -0.4 is 10.5 Å². The van der Waals surface area contributed by atoms with Crippen LogP contribution in [0.2, 0.25) is 0 Å². The van der Waals surface area contributed by atoms with Crippen LogP contribution in [0.15, 0.2) is 42.6 Å².